The molecule has 1 atom stereocenters. The largest absolute Gasteiger partial charge is 0.360 e. The van der Waals surface area contributed by atoms with Crippen LogP contribution in [0.1, 0.15) is 36.7 Å². The molecule has 156 valence electrons. The number of hydrogen-bond acceptors (Lipinski definition) is 6. The molecule has 0 fully saturated rings. The minimum atomic E-state index is -0.657. The Morgan fingerprint density at radius 2 is 1.77 bits per heavy atom. The number of hydrogen-bond donors (Lipinski definition) is 3. The van der Waals surface area contributed by atoms with Gasteiger partial charge in [-0.05, 0) is 31.2 Å². The third-order valence-corrected chi connectivity index (χ3v) is 4.94. The van der Waals surface area contributed by atoms with Gasteiger partial charge < -0.3 is 16.0 Å². The topological polar surface area (TPSA) is 100 Å². The Hall–Kier alpha value is -3.19. The number of anilines is 3. The smallest absolute Gasteiger partial charge is 0.253 e. The molecule has 0 bridgehead atoms. The van der Waals surface area contributed by atoms with E-state index in [4.69, 9.17) is 11.6 Å². The molecule has 0 aliphatic rings. The van der Waals surface area contributed by atoms with E-state index in [0.29, 0.717) is 11.3 Å². The summed E-state index contributed by atoms with van der Waals surface area (Å²) in [4.78, 5) is 41.1. The summed E-state index contributed by atoms with van der Waals surface area (Å²) in [5, 5.41) is 8.99. The molecule has 7 nitrogen and oxygen atoms in total. The fourth-order valence-corrected chi connectivity index (χ4v) is 3.04. The van der Waals surface area contributed by atoms with Gasteiger partial charge in [-0.1, -0.05) is 50.1 Å². The average molecular weight is 427 g/mol. The lowest BCUT2D eigenvalue weighted by atomic mass is 9.91. The Kier molecular flexibility index (Phi) is 5.94. The van der Waals surface area contributed by atoms with E-state index in [-0.39, 0.29) is 22.4 Å². The molecule has 1 heterocycles. The Morgan fingerprint density at radius 3 is 2.40 bits per heavy atom. The molecule has 30 heavy (non-hydrogen) atoms. The van der Waals surface area contributed by atoms with Crippen molar-refractivity contribution >= 4 is 34.6 Å². The maximum absolute atomic E-state index is 12.7. The van der Waals surface area contributed by atoms with Gasteiger partial charge in [-0.15, -0.1) is 0 Å². The number of carbonyl (C=O) groups is 1. The predicted octanol–water partition coefficient (Wildman–Crippen LogP) is 3.60. The first-order valence-corrected chi connectivity index (χ1v) is 9.80. The van der Waals surface area contributed by atoms with E-state index in [0.717, 1.165) is 5.56 Å². The van der Waals surface area contributed by atoms with Crippen LogP contribution < -0.4 is 26.8 Å². The standard InChI is InChI=1S/C22H23ClN4O3/c1-12-7-5-8-13(11-12)20(30)27-21(22(2,3)4)26-16-15(17(28)18(16)29)25-14-9-6-10-24-19(14)23/h5-11,21,25-26H,1-4H3,(H,27,30). The quantitative estimate of drug-likeness (QED) is 0.316. The molecule has 8 heteroatoms. The molecular formula is C22H23ClN4O3. The molecule has 3 aromatic rings. The Morgan fingerprint density at radius 1 is 1.07 bits per heavy atom. The number of nitrogens with zero attached hydrogens (tertiary/aromatic N) is 1. The van der Waals surface area contributed by atoms with Crippen molar-refractivity contribution in [3.63, 3.8) is 0 Å². The number of aryl methyl sites for hydroxylation is 1. The Bertz CT molecular complexity index is 1160. The SMILES string of the molecule is Cc1cccc(C(=O)NC(Nc2c(Nc3cccnc3Cl)c(=O)c2=O)C(C)(C)C)c1. The fourth-order valence-electron chi connectivity index (χ4n) is 2.88. The second-order valence-corrected chi connectivity index (χ2v) is 8.52. The molecular weight excluding hydrogens is 404 g/mol. The van der Waals surface area contributed by atoms with E-state index in [1.807, 2.05) is 33.8 Å². The van der Waals surface area contributed by atoms with Crippen molar-refractivity contribution in [2.24, 2.45) is 5.41 Å². The van der Waals surface area contributed by atoms with Crippen LogP contribution in [-0.2, 0) is 0 Å². The first kappa shape index (κ1) is 21.5. The summed E-state index contributed by atoms with van der Waals surface area (Å²) in [5.74, 6) is -0.283. The van der Waals surface area contributed by atoms with Crippen LogP contribution in [0, 0.1) is 12.3 Å². The molecule has 1 unspecified atom stereocenters. The van der Waals surface area contributed by atoms with Crippen molar-refractivity contribution < 1.29 is 4.79 Å². The molecule has 3 N–H and O–H groups in total. The van der Waals surface area contributed by atoms with E-state index in [1.54, 1.807) is 30.3 Å². The molecule has 0 saturated heterocycles. The molecule has 1 aromatic heterocycles. The molecule has 0 saturated carbocycles. The molecule has 0 spiro atoms. The highest BCUT2D eigenvalue weighted by atomic mass is 35.5. The number of carbonyl (C=O) groups excluding carboxylic acids is 1. The molecule has 2 aromatic carbocycles. The maximum atomic E-state index is 12.7. The van der Waals surface area contributed by atoms with E-state index < -0.39 is 22.4 Å². The third-order valence-electron chi connectivity index (χ3n) is 4.64. The van der Waals surface area contributed by atoms with Gasteiger partial charge in [0.2, 0.25) is 0 Å². The van der Waals surface area contributed by atoms with E-state index in [2.05, 4.69) is 20.9 Å². The summed E-state index contributed by atoms with van der Waals surface area (Å²) >= 11 is 6.04. The van der Waals surface area contributed by atoms with Gasteiger partial charge in [-0.25, -0.2) is 4.98 Å². The zero-order valence-corrected chi connectivity index (χ0v) is 17.9. The van der Waals surface area contributed by atoms with Gasteiger partial charge >= 0.3 is 0 Å². The average Bonchev–Trinajstić information content (AvgIpc) is 2.69. The summed E-state index contributed by atoms with van der Waals surface area (Å²) in [6, 6.07) is 10.5. The van der Waals surface area contributed by atoms with Gasteiger partial charge in [0.25, 0.3) is 16.8 Å². The summed E-state index contributed by atoms with van der Waals surface area (Å²) < 4.78 is 0. The van der Waals surface area contributed by atoms with Crippen LogP contribution in [-0.4, -0.2) is 17.1 Å². The van der Waals surface area contributed by atoms with Gasteiger partial charge in [0.1, 0.15) is 17.5 Å². The van der Waals surface area contributed by atoms with Crippen molar-refractivity contribution in [3.8, 4) is 0 Å². The number of halogens is 1. The second kappa shape index (κ2) is 8.28. The second-order valence-electron chi connectivity index (χ2n) is 8.16. The minimum absolute atomic E-state index is 0.0916. The van der Waals surface area contributed by atoms with Crippen molar-refractivity contribution in [3.05, 3.63) is 79.3 Å². The van der Waals surface area contributed by atoms with E-state index >= 15 is 0 Å². The minimum Gasteiger partial charge on any atom is -0.360 e. The summed E-state index contributed by atoms with van der Waals surface area (Å²) in [5.41, 5.74) is 0.305. The van der Waals surface area contributed by atoms with Crippen LogP contribution in [0.15, 0.2) is 52.2 Å². The van der Waals surface area contributed by atoms with Gasteiger partial charge in [0.05, 0.1) is 5.69 Å². The number of amides is 1. The van der Waals surface area contributed by atoms with Gasteiger partial charge in [-0.2, -0.15) is 0 Å². The highest BCUT2D eigenvalue weighted by molar-refractivity contribution is 6.32. The van der Waals surface area contributed by atoms with Gasteiger partial charge in [0, 0.05) is 17.2 Å². The number of aromatic nitrogens is 1. The van der Waals surface area contributed by atoms with Crippen molar-refractivity contribution in [1.82, 2.24) is 10.3 Å². The first-order valence-electron chi connectivity index (χ1n) is 9.43. The van der Waals surface area contributed by atoms with Crippen molar-refractivity contribution in [2.45, 2.75) is 33.9 Å². The number of rotatable bonds is 6. The van der Waals surface area contributed by atoms with Crippen LogP contribution in [0.3, 0.4) is 0 Å². The summed E-state index contributed by atoms with van der Waals surface area (Å²) in [6.45, 7) is 7.65. The lowest BCUT2D eigenvalue weighted by molar-refractivity contribution is 0.0913. The van der Waals surface area contributed by atoms with Crippen LogP contribution in [0.2, 0.25) is 5.15 Å². The highest BCUT2D eigenvalue weighted by Crippen LogP contribution is 2.28. The summed E-state index contributed by atoms with van der Waals surface area (Å²) in [7, 11) is 0. The molecule has 0 aliphatic heterocycles. The lowest BCUT2D eigenvalue weighted by Gasteiger charge is -2.33. The van der Waals surface area contributed by atoms with Gasteiger partial charge in [-0.3, -0.25) is 14.4 Å². The summed E-state index contributed by atoms with van der Waals surface area (Å²) in [6.07, 6.45) is 0.907. The molecule has 0 aliphatic carbocycles. The number of pyridine rings is 1. The van der Waals surface area contributed by atoms with Crippen LogP contribution in [0.25, 0.3) is 0 Å². The predicted molar refractivity (Wildman–Crippen MR) is 119 cm³/mol. The fraction of sp³-hybridized carbons (Fsp3) is 0.273. The van der Waals surface area contributed by atoms with Crippen LogP contribution in [0.5, 0.6) is 0 Å². The van der Waals surface area contributed by atoms with E-state index in [9.17, 15) is 14.4 Å². The zero-order chi connectivity index (χ0) is 22.1. The monoisotopic (exact) mass is 426 g/mol. The first-order chi connectivity index (χ1) is 14.1. The number of benzene rings is 1. The lowest BCUT2D eigenvalue weighted by Crippen LogP contribution is -2.51. The van der Waals surface area contributed by atoms with Crippen LogP contribution >= 0.6 is 11.6 Å². The Balaban J connectivity index is 1.85. The third kappa shape index (κ3) is 4.52. The van der Waals surface area contributed by atoms with Gasteiger partial charge in [0.15, 0.2) is 5.15 Å². The van der Waals surface area contributed by atoms with Crippen LogP contribution in [0.4, 0.5) is 17.1 Å². The number of nitrogens with one attached hydrogen (secondary N) is 3. The molecule has 3 rings (SSSR count). The Labute approximate surface area is 179 Å². The maximum Gasteiger partial charge on any atom is 0.253 e. The zero-order valence-electron chi connectivity index (χ0n) is 17.2. The van der Waals surface area contributed by atoms with E-state index in [1.165, 1.54) is 6.20 Å². The van der Waals surface area contributed by atoms with Crippen molar-refractivity contribution in [2.75, 3.05) is 10.6 Å². The highest BCUT2D eigenvalue weighted by Gasteiger charge is 2.31. The van der Waals surface area contributed by atoms with Crippen molar-refractivity contribution in [1.29, 1.82) is 0 Å². The molecule has 0 radical (unpaired) electrons. The molecule has 1 amide bonds. The normalized spacial score (nSPS) is 12.4.